The molecule has 1 heterocycles. The van der Waals surface area contributed by atoms with Crippen LogP contribution in [0.15, 0.2) is 53.1 Å². The summed E-state index contributed by atoms with van der Waals surface area (Å²) in [5.41, 5.74) is 1.35. The van der Waals surface area contributed by atoms with Gasteiger partial charge in [-0.3, -0.25) is 0 Å². The van der Waals surface area contributed by atoms with E-state index in [9.17, 15) is 0 Å². The summed E-state index contributed by atoms with van der Waals surface area (Å²) >= 11 is 0. The van der Waals surface area contributed by atoms with Crippen LogP contribution in [0.2, 0.25) is 0 Å². The van der Waals surface area contributed by atoms with Gasteiger partial charge in [-0.1, -0.05) is 50.1 Å². The summed E-state index contributed by atoms with van der Waals surface area (Å²) < 4.78 is 5.55. The van der Waals surface area contributed by atoms with Crippen LogP contribution in [-0.4, -0.2) is 0 Å². The minimum atomic E-state index is 0.413. The van der Waals surface area contributed by atoms with Crippen molar-refractivity contribution in [1.82, 2.24) is 0 Å². The highest BCUT2D eigenvalue weighted by atomic mass is 16.3. The first-order valence-corrected chi connectivity index (χ1v) is 6.00. The lowest BCUT2D eigenvalue weighted by molar-refractivity contribution is 0.467. The maximum absolute atomic E-state index is 5.55. The van der Waals surface area contributed by atoms with Crippen molar-refractivity contribution in [3.8, 4) is 0 Å². The highest BCUT2D eigenvalue weighted by Gasteiger charge is 2.15. The van der Waals surface area contributed by atoms with Crippen molar-refractivity contribution in [1.29, 1.82) is 0 Å². The molecule has 0 fully saturated rings. The van der Waals surface area contributed by atoms with Crippen LogP contribution >= 0.6 is 0 Å². The molecule has 0 saturated heterocycles. The first-order chi connectivity index (χ1) is 7.92. The van der Waals surface area contributed by atoms with Gasteiger partial charge in [-0.2, -0.15) is 0 Å². The molecule has 0 saturated carbocycles. The molecule has 0 spiro atoms. The minimum absolute atomic E-state index is 0.413. The number of rotatable bonds is 5. The molecular formula is C15H18O. The summed E-state index contributed by atoms with van der Waals surface area (Å²) in [7, 11) is 0. The molecule has 0 amide bonds. The van der Waals surface area contributed by atoms with Crippen LogP contribution in [0.3, 0.4) is 0 Å². The summed E-state index contributed by atoms with van der Waals surface area (Å²) in [5, 5.41) is 0. The van der Waals surface area contributed by atoms with Gasteiger partial charge in [-0.25, -0.2) is 0 Å². The molecule has 1 unspecified atom stereocenters. The molecule has 0 N–H and O–H groups in total. The maximum Gasteiger partial charge on any atom is 0.111 e. The van der Waals surface area contributed by atoms with Crippen molar-refractivity contribution >= 4 is 0 Å². The lowest BCUT2D eigenvalue weighted by atomic mass is 9.91. The van der Waals surface area contributed by atoms with E-state index in [-0.39, 0.29) is 0 Å². The summed E-state index contributed by atoms with van der Waals surface area (Å²) in [4.78, 5) is 0. The van der Waals surface area contributed by atoms with Crippen LogP contribution in [0.25, 0.3) is 0 Å². The van der Waals surface area contributed by atoms with E-state index in [0.717, 1.165) is 12.2 Å². The Balaban J connectivity index is 2.21. The van der Waals surface area contributed by atoms with Crippen LogP contribution in [0, 0.1) is 0 Å². The highest BCUT2D eigenvalue weighted by Crippen LogP contribution is 2.29. The van der Waals surface area contributed by atoms with E-state index in [4.69, 9.17) is 4.42 Å². The molecule has 0 bridgehead atoms. The van der Waals surface area contributed by atoms with Gasteiger partial charge in [0, 0.05) is 5.92 Å². The number of benzene rings is 1. The van der Waals surface area contributed by atoms with Gasteiger partial charge in [0.2, 0.25) is 0 Å². The number of hydrogen-bond acceptors (Lipinski definition) is 1. The fraction of sp³-hybridized carbons (Fsp3) is 0.333. The lowest BCUT2D eigenvalue weighted by Crippen LogP contribution is -1.99. The summed E-state index contributed by atoms with van der Waals surface area (Å²) in [6.07, 6.45) is 5.38. The zero-order valence-corrected chi connectivity index (χ0v) is 9.73. The average molecular weight is 214 g/mol. The molecule has 0 aliphatic heterocycles. The Morgan fingerprint density at radius 3 is 2.50 bits per heavy atom. The Morgan fingerprint density at radius 2 is 1.88 bits per heavy atom. The Bertz CT molecular complexity index is 389. The zero-order valence-electron chi connectivity index (χ0n) is 9.73. The van der Waals surface area contributed by atoms with Crippen LogP contribution in [-0.2, 0) is 0 Å². The van der Waals surface area contributed by atoms with Crippen LogP contribution in [0.4, 0.5) is 0 Å². The van der Waals surface area contributed by atoms with Gasteiger partial charge in [0.1, 0.15) is 5.76 Å². The van der Waals surface area contributed by atoms with Crippen molar-refractivity contribution in [2.75, 3.05) is 0 Å². The quantitative estimate of drug-likeness (QED) is 0.708. The highest BCUT2D eigenvalue weighted by molar-refractivity contribution is 5.26. The molecule has 84 valence electrons. The average Bonchev–Trinajstić information content (AvgIpc) is 2.85. The van der Waals surface area contributed by atoms with Crippen molar-refractivity contribution in [2.24, 2.45) is 0 Å². The first kappa shape index (κ1) is 11.0. The third-order valence-corrected chi connectivity index (χ3v) is 2.93. The van der Waals surface area contributed by atoms with E-state index in [1.165, 1.54) is 18.4 Å². The predicted octanol–water partition coefficient (Wildman–Crippen LogP) is 4.60. The Kier molecular flexibility index (Phi) is 3.81. The Labute approximate surface area is 97.1 Å². The SMILES string of the molecule is CCCCC(c1ccccc1)c1ccco1. The fourth-order valence-corrected chi connectivity index (χ4v) is 2.06. The van der Waals surface area contributed by atoms with Gasteiger partial charge in [-0.05, 0) is 24.1 Å². The largest absolute Gasteiger partial charge is 0.469 e. The third-order valence-electron chi connectivity index (χ3n) is 2.93. The molecule has 1 aromatic heterocycles. The van der Waals surface area contributed by atoms with E-state index < -0.39 is 0 Å². The minimum Gasteiger partial charge on any atom is -0.469 e. The van der Waals surface area contributed by atoms with Crippen LogP contribution in [0.1, 0.15) is 43.4 Å². The number of hydrogen-bond donors (Lipinski definition) is 0. The molecular weight excluding hydrogens is 196 g/mol. The van der Waals surface area contributed by atoms with Crippen LogP contribution in [0.5, 0.6) is 0 Å². The van der Waals surface area contributed by atoms with Gasteiger partial charge in [0.05, 0.1) is 6.26 Å². The van der Waals surface area contributed by atoms with Crippen molar-refractivity contribution in [3.63, 3.8) is 0 Å². The summed E-state index contributed by atoms with van der Waals surface area (Å²) in [6.45, 7) is 2.23. The monoisotopic (exact) mass is 214 g/mol. The lowest BCUT2D eigenvalue weighted by Gasteiger charge is -2.14. The normalized spacial score (nSPS) is 12.6. The molecule has 1 nitrogen and oxygen atoms in total. The summed E-state index contributed by atoms with van der Waals surface area (Å²) in [5.74, 6) is 1.50. The molecule has 1 aromatic carbocycles. The van der Waals surface area contributed by atoms with Gasteiger partial charge >= 0.3 is 0 Å². The second kappa shape index (κ2) is 5.55. The van der Waals surface area contributed by atoms with Gasteiger partial charge in [0.25, 0.3) is 0 Å². The molecule has 2 aromatic rings. The number of unbranched alkanes of at least 4 members (excludes halogenated alkanes) is 1. The van der Waals surface area contributed by atoms with Crippen molar-refractivity contribution in [2.45, 2.75) is 32.1 Å². The van der Waals surface area contributed by atoms with E-state index >= 15 is 0 Å². The third kappa shape index (κ3) is 2.54. The van der Waals surface area contributed by atoms with Crippen molar-refractivity contribution in [3.05, 3.63) is 60.1 Å². The van der Waals surface area contributed by atoms with Crippen molar-refractivity contribution < 1.29 is 4.42 Å². The van der Waals surface area contributed by atoms with E-state index in [0.29, 0.717) is 5.92 Å². The van der Waals surface area contributed by atoms with Crippen LogP contribution < -0.4 is 0 Å². The molecule has 16 heavy (non-hydrogen) atoms. The summed E-state index contributed by atoms with van der Waals surface area (Å²) in [6, 6.07) is 14.7. The second-order valence-electron chi connectivity index (χ2n) is 4.12. The maximum atomic E-state index is 5.55. The Morgan fingerprint density at radius 1 is 1.06 bits per heavy atom. The predicted molar refractivity (Wildman–Crippen MR) is 66.5 cm³/mol. The molecule has 0 aliphatic rings. The topological polar surface area (TPSA) is 13.1 Å². The smallest absolute Gasteiger partial charge is 0.111 e. The molecule has 1 atom stereocenters. The van der Waals surface area contributed by atoms with E-state index in [1.54, 1.807) is 6.26 Å². The van der Waals surface area contributed by atoms with Gasteiger partial charge in [-0.15, -0.1) is 0 Å². The molecule has 2 rings (SSSR count). The Hall–Kier alpha value is -1.50. The van der Waals surface area contributed by atoms with E-state index in [1.807, 2.05) is 6.07 Å². The molecule has 0 aliphatic carbocycles. The fourth-order valence-electron chi connectivity index (χ4n) is 2.06. The van der Waals surface area contributed by atoms with Gasteiger partial charge in [0.15, 0.2) is 0 Å². The second-order valence-corrected chi connectivity index (χ2v) is 4.12. The first-order valence-electron chi connectivity index (χ1n) is 6.00. The molecule has 1 heteroatoms. The number of furan rings is 1. The zero-order chi connectivity index (χ0) is 11.2. The van der Waals surface area contributed by atoms with E-state index in [2.05, 4.69) is 43.3 Å². The standard InChI is InChI=1S/C15H18O/c1-2-3-10-14(15-11-7-12-16-15)13-8-5-4-6-9-13/h4-9,11-12,14H,2-3,10H2,1H3. The molecule has 0 radical (unpaired) electrons. The van der Waals surface area contributed by atoms with Gasteiger partial charge < -0.3 is 4.42 Å².